The number of halogens is 1. The molecule has 10 nitrogen and oxygen atoms in total. The molecule has 0 aliphatic rings. The highest BCUT2D eigenvalue weighted by molar-refractivity contribution is 6.30. The first-order valence-electron chi connectivity index (χ1n) is 9.77. The number of hydrogen-bond donors (Lipinski definition) is 4. The fourth-order valence-electron chi connectivity index (χ4n) is 2.73. The minimum absolute atomic E-state index is 0.0561. The number of nitrogens with zero attached hydrogens (tertiary/aromatic N) is 2. The SMILES string of the molecule is Cc1ccc(NC(=O)COc2ccc(Cl)cc2CNCCNC(=O)c2nonc2N)cc1. The molecule has 5 N–H and O–H groups in total. The summed E-state index contributed by atoms with van der Waals surface area (Å²) < 4.78 is 10.1. The highest BCUT2D eigenvalue weighted by atomic mass is 35.5. The summed E-state index contributed by atoms with van der Waals surface area (Å²) in [5.74, 6) is -0.280. The smallest absolute Gasteiger partial charge is 0.277 e. The maximum Gasteiger partial charge on any atom is 0.277 e. The van der Waals surface area contributed by atoms with Gasteiger partial charge in [0.05, 0.1) is 0 Å². The molecule has 3 rings (SSSR count). The number of amides is 2. The van der Waals surface area contributed by atoms with Gasteiger partial charge in [0.15, 0.2) is 6.61 Å². The largest absolute Gasteiger partial charge is 0.483 e. The van der Waals surface area contributed by atoms with E-state index in [-0.39, 0.29) is 24.0 Å². The molecule has 168 valence electrons. The molecule has 0 saturated heterocycles. The highest BCUT2D eigenvalue weighted by Gasteiger charge is 2.15. The molecular formula is C21H23ClN6O4. The average Bonchev–Trinajstić information content (AvgIpc) is 3.20. The predicted octanol–water partition coefficient (Wildman–Crippen LogP) is 2.15. The van der Waals surface area contributed by atoms with Crippen molar-refractivity contribution in [1.82, 2.24) is 20.9 Å². The fraction of sp³-hybridized carbons (Fsp3) is 0.238. The van der Waals surface area contributed by atoms with Crippen LogP contribution in [-0.4, -0.2) is 41.8 Å². The number of aromatic nitrogens is 2. The van der Waals surface area contributed by atoms with Crippen molar-refractivity contribution >= 4 is 34.9 Å². The Balaban J connectivity index is 1.45. The van der Waals surface area contributed by atoms with Gasteiger partial charge in [0.2, 0.25) is 11.5 Å². The van der Waals surface area contributed by atoms with Crippen LogP contribution in [0.1, 0.15) is 21.6 Å². The molecule has 0 radical (unpaired) electrons. The van der Waals surface area contributed by atoms with E-state index in [1.54, 1.807) is 18.2 Å². The Morgan fingerprint density at radius 1 is 1.12 bits per heavy atom. The molecule has 2 aromatic carbocycles. The Kier molecular flexibility index (Phi) is 8.01. The van der Waals surface area contributed by atoms with Gasteiger partial charge in [-0.05, 0) is 47.6 Å². The van der Waals surface area contributed by atoms with Crippen molar-refractivity contribution in [3.05, 3.63) is 64.3 Å². The number of ether oxygens (including phenoxy) is 1. The molecule has 0 aliphatic carbocycles. The molecule has 0 aliphatic heterocycles. The normalized spacial score (nSPS) is 10.6. The molecule has 0 saturated carbocycles. The molecule has 3 aromatic rings. The Hall–Kier alpha value is -3.63. The van der Waals surface area contributed by atoms with Gasteiger partial charge in [0.1, 0.15) is 5.75 Å². The third kappa shape index (κ3) is 6.69. The second-order valence-electron chi connectivity index (χ2n) is 6.89. The lowest BCUT2D eigenvalue weighted by Crippen LogP contribution is -2.32. The topological polar surface area (TPSA) is 144 Å². The molecule has 1 aromatic heterocycles. The summed E-state index contributed by atoms with van der Waals surface area (Å²) in [6, 6.07) is 12.6. The van der Waals surface area contributed by atoms with Gasteiger partial charge in [0.25, 0.3) is 11.8 Å². The number of carbonyl (C=O) groups excluding carboxylic acids is 2. The van der Waals surface area contributed by atoms with E-state index in [0.29, 0.717) is 36.1 Å². The van der Waals surface area contributed by atoms with Crippen molar-refractivity contribution in [3.8, 4) is 5.75 Å². The van der Waals surface area contributed by atoms with Crippen LogP contribution in [0.3, 0.4) is 0 Å². The van der Waals surface area contributed by atoms with E-state index >= 15 is 0 Å². The maximum atomic E-state index is 12.2. The molecule has 0 bridgehead atoms. The molecule has 0 atom stereocenters. The zero-order valence-corrected chi connectivity index (χ0v) is 18.1. The van der Waals surface area contributed by atoms with Gasteiger partial charge in [-0.2, -0.15) is 0 Å². The number of rotatable bonds is 10. The van der Waals surface area contributed by atoms with Gasteiger partial charge < -0.3 is 26.4 Å². The van der Waals surface area contributed by atoms with Crippen LogP contribution in [0.25, 0.3) is 0 Å². The average molecular weight is 459 g/mol. The van der Waals surface area contributed by atoms with Gasteiger partial charge in [0, 0.05) is 35.9 Å². The highest BCUT2D eigenvalue weighted by Crippen LogP contribution is 2.23. The lowest BCUT2D eigenvalue weighted by molar-refractivity contribution is -0.118. The van der Waals surface area contributed by atoms with Crippen LogP contribution < -0.4 is 26.4 Å². The van der Waals surface area contributed by atoms with Crippen LogP contribution >= 0.6 is 11.6 Å². The fourth-order valence-corrected chi connectivity index (χ4v) is 2.92. The number of nitrogen functional groups attached to an aromatic ring is 1. The first-order valence-corrected chi connectivity index (χ1v) is 10.1. The second-order valence-corrected chi connectivity index (χ2v) is 7.32. The van der Waals surface area contributed by atoms with E-state index in [9.17, 15) is 9.59 Å². The van der Waals surface area contributed by atoms with E-state index < -0.39 is 5.91 Å². The number of benzene rings is 2. The molecular weight excluding hydrogens is 436 g/mol. The Labute approximate surface area is 189 Å². The van der Waals surface area contributed by atoms with E-state index in [1.165, 1.54) is 0 Å². The number of aryl methyl sites for hydroxylation is 1. The van der Waals surface area contributed by atoms with Crippen LogP contribution in [0.2, 0.25) is 5.02 Å². The van der Waals surface area contributed by atoms with Crippen molar-refractivity contribution in [2.75, 3.05) is 30.7 Å². The van der Waals surface area contributed by atoms with Crippen LogP contribution in [0.4, 0.5) is 11.5 Å². The summed E-state index contributed by atoms with van der Waals surface area (Å²) in [5, 5.41) is 15.9. The monoisotopic (exact) mass is 458 g/mol. The van der Waals surface area contributed by atoms with Crippen molar-refractivity contribution in [2.45, 2.75) is 13.5 Å². The van der Waals surface area contributed by atoms with E-state index in [0.717, 1.165) is 11.1 Å². The summed E-state index contributed by atoms with van der Waals surface area (Å²) in [7, 11) is 0. The number of anilines is 2. The first-order chi connectivity index (χ1) is 15.4. The van der Waals surface area contributed by atoms with Crippen LogP contribution in [-0.2, 0) is 11.3 Å². The van der Waals surface area contributed by atoms with Crippen molar-refractivity contribution < 1.29 is 19.0 Å². The molecule has 11 heteroatoms. The number of nitrogens with two attached hydrogens (primary N) is 1. The number of hydrogen-bond acceptors (Lipinski definition) is 8. The van der Waals surface area contributed by atoms with E-state index in [2.05, 4.69) is 30.9 Å². The van der Waals surface area contributed by atoms with Gasteiger partial charge in [-0.25, -0.2) is 4.63 Å². The van der Waals surface area contributed by atoms with Gasteiger partial charge >= 0.3 is 0 Å². The summed E-state index contributed by atoms with van der Waals surface area (Å²) >= 11 is 6.10. The summed E-state index contributed by atoms with van der Waals surface area (Å²) in [5.41, 5.74) is 8.01. The minimum Gasteiger partial charge on any atom is -0.483 e. The van der Waals surface area contributed by atoms with Crippen LogP contribution in [0.15, 0.2) is 47.1 Å². The third-order valence-electron chi connectivity index (χ3n) is 4.35. The summed E-state index contributed by atoms with van der Waals surface area (Å²) in [6.07, 6.45) is 0. The van der Waals surface area contributed by atoms with Crippen LogP contribution in [0, 0.1) is 6.92 Å². The Bertz CT molecular complexity index is 1070. The molecule has 1 heterocycles. The van der Waals surface area contributed by atoms with Crippen LogP contribution in [0.5, 0.6) is 5.75 Å². The molecule has 2 amide bonds. The van der Waals surface area contributed by atoms with Crippen molar-refractivity contribution in [1.29, 1.82) is 0 Å². The van der Waals surface area contributed by atoms with Gasteiger partial charge in [-0.1, -0.05) is 29.3 Å². The third-order valence-corrected chi connectivity index (χ3v) is 4.58. The molecule has 0 unspecified atom stereocenters. The lowest BCUT2D eigenvalue weighted by atomic mass is 10.2. The molecule has 0 spiro atoms. The zero-order chi connectivity index (χ0) is 22.9. The maximum absolute atomic E-state index is 12.2. The predicted molar refractivity (Wildman–Crippen MR) is 120 cm³/mol. The minimum atomic E-state index is -0.475. The summed E-state index contributed by atoms with van der Waals surface area (Å²) in [4.78, 5) is 24.1. The lowest BCUT2D eigenvalue weighted by Gasteiger charge is -2.13. The number of carbonyl (C=O) groups is 2. The van der Waals surface area contributed by atoms with Gasteiger partial charge in [-0.15, -0.1) is 0 Å². The molecule has 0 fully saturated rings. The standard InChI is InChI=1S/C21H23ClN6O4/c1-13-2-5-16(6-3-13)26-18(29)12-31-17-7-4-15(22)10-14(17)11-24-8-9-25-21(30)19-20(23)28-32-27-19/h2-7,10,24H,8-9,11-12H2,1H3,(H2,23,28)(H,25,30)(H,26,29). The van der Waals surface area contributed by atoms with Crippen molar-refractivity contribution in [2.24, 2.45) is 0 Å². The quantitative estimate of drug-likeness (QED) is 0.338. The van der Waals surface area contributed by atoms with Crippen molar-refractivity contribution in [3.63, 3.8) is 0 Å². The van der Waals surface area contributed by atoms with E-state index in [1.807, 2.05) is 31.2 Å². The second kappa shape index (κ2) is 11.1. The Morgan fingerprint density at radius 3 is 2.62 bits per heavy atom. The Morgan fingerprint density at radius 2 is 1.91 bits per heavy atom. The first kappa shape index (κ1) is 23.0. The zero-order valence-electron chi connectivity index (χ0n) is 17.4. The summed E-state index contributed by atoms with van der Waals surface area (Å²) in [6.45, 7) is 3.02. The number of nitrogens with one attached hydrogen (secondary N) is 3. The van der Waals surface area contributed by atoms with Gasteiger partial charge in [-0.3, -0.25) is 9.59 Å². The van der Waals surface area contributed by atoms with E-state index in [4.69, 9.17) is 22.1 Å². The molecule has 32 heavy (non-hydrogen) atoms.